The second-order valence-electron chi connectivity index (χ2n) is 5.72. The normalized spacial score (nSPS) is 14.2. The highest BCUT2D eigenvalue weighted by Gasteiger charge is 2.29. The third-order valence-electron chi connectivity index (χ3n) is 3.57. The summed E-state index contributed by atoms with van der Waals surface area (Å²) in [5.74, 6) is -0.436. The van der Waals surface area contributed by atoms with Crippen molar-refractivity contribution in [2.24, 2.45) is 0 Å². The van der Waals surface area contributed by atoms with Gasteiger partial charge in [-0.25, -0.2) is 0 Å². The van der Waals surface area contributed by atoms with Crippen LogP contribution < -0.4 is 10.6 Å². The maximum atomic E-state index is 12.1. The maximum absolute atomic E-state index is 12.1. The van der Waals surface area contributed by atoms with E-state index in [1.807, 2.05) is 0 Å². The zero-order valence-electron chi connectivity index (χ0n) is 12.9. The lowest BCUT2D eigenvalue weighted by Crippen LogP contribution is -2.33. The van der Waals surface area contributed by atoms with Crippen molar-refractivity contribution in [3.05, 3.63) is 47.3 Å². The Morgan fingerprint density at radius 3 is 2.64 bits per heavy atom. The van der Waals surface area contributed by atoms with E-state index in [0.29, 0.717) is 11.7 Å². The molecule has 25 heavy (non-hydrogen) atoms. The van der Waals surface area contributed by atoms with Gasteiger partial charge in [0, 0.05) is 23.2 Å². The summed E-state index contributed by atoms with van der Waals surface area (Å²) in [6.07, 6.45) is -2.48. The first-order valence-electron chi connectivity index (χ1n) is 7.55. The number of rotatable bonds is 5. The van der Waals surface area contributed by atoms with E-state index < -0.39 is 24.5 Å². The molecule has 0 radical (unpaired) electrons. The minimum atomic E-state index is -4.49. The predicted octanol–water partition coefficient (Wildman–Crippen LogP) is 3.10. The van der Waals surface area contributed by atoms with Crippen LogP contribution in [0.15, 0.2) is 34.9 Å². The molecular formula is C16H14F3N3O3. The van der Waals surface area contributed by atoms with E-state index >= 15 is 0 Å². The molecule has 1 aromatic heterocycles. The molecule has 0 aliphatic heterocycles. The zero-order chi connectivity index (χ0) is 18.0. The van der Waals surface area contributed by atoms with E-state index in [2.05, 4.69) is 10.5 Å². The number of nitrogens with one attached hydrogen (secondary N) is 2. The summed E-state index contributed by atoms with van der Waals surface area (Å²) in [7, 11) is 0. The molecule has 6 nitrogen and oxygen atoms in total. The smallest absolute Gasteiger partial charge is 0.360 e. The van der Waals surface area contributed by atoms with Gasteiger partial charge in [0.05, 0.1) is 0 Å². The molecule has 1 aromatic carbocycles. The number of hydrogen-bond acceptors (Lipinski definition) is 4. The Hall–Kier alpha value is -2.84. The van der Waals surface area contributed by atoms with Crippen LogP contribution in [0.2, 0.25) is 0 Å². The minimum Gasteiger partial charge on any atom is -0.360 e. The lowest BCUT2D eigenvalue weighted by molar-refractivity contribution is -0.123. The van der Waals surface area contributed by atoms with Gasteiger partial charge >= 0.3 is 6.18 Å². The summed E-state index contributed by atoms with van der Waals surface area (Å²) in [4.78, 5) is 23.9. The fourth-order valence-corrected chi connectivity index (χ4v) is 2.17. The average molecular weight is 353 g/mol. The van der Waals surface area contributed by atoms with Crippen LogP contribution in [0.5, 0.6) is 0 Å². The summed E-state index contributed by atoms with van der Waals surface area (Å²) in [5.41, 5.74) is 0.371. The number of carbonyl (C=O) groups is 2. The van der Waals surface area contributed by atoms with Gasteiger partial charge in [0.15, 0.2) is 5.69 Å². The summed E-state index contributed by atoms with van der Waals surface area (Å²) in [6, 6.07) is 7.16. The molecule has 1 aliphatic rings. The second-order valence-corrected chi connectivity index (χ2v) is 5.72. The zero-order valence-corrected chi connectivity index (χ0v) is 12.9. The quantitative estimate of drug-likeness (QED) is 0.865. The Kier molecular flexibility index (Phi) is 4.47. The Morgan fingerprint density at radius 1 is 1.20 bits per heavy atom. The minimum absolute atomic E-state index is 0.000808. The van der Waals surface area contributed by atoms with Crippen LogP contribution in [0.3, 0.4) is 0 Å². The van der Waals surface area contributed by atoms with Crippen LogP contribution in [0.1, 0.15) is 45.4 Å². The number of benzene rings is 1. The molecular weight excluding hydrogens is 339 g/mol. The summed E-state index contributed by atoms with van der Waals surface area (Å²) >= 11 is 0. The molecule has 1 heterocycles. The monoisotopic (exact) mass is 353 g/mol. The van der Waals surface area contributed by atoms with Crippen LogP contribution >= 0.6 is 0 Å². The molecule has 3 rings (SSSR count). The largest absolute Gasteiger partial charge is 0.405 e. The van der Waals surface area contributed by atoms with Gasteiger partial charge in [-0.15, -0.1) is 0 Å². The number of hydrogen-bond donors (Lipinski definition) is 2. The first-order chi connectivity index (χ1) is 11.8. The van der Waals surface area contributed by atoms with Crippen molar-refractivity contribution in [3.63, 3.8) is 0 Å². The van der Waals surface area contributed by atoms with Crippen LogP contribution in [-0.2, 0) is 0 Å². The molecule has 0 atom stereocenters. The summed E-state index contributed by atoms with van der Waals surface area (Å²) in [6.45, 7) is -1.43. The number of carbonyl (C=O) groups excluding carboxylic acids is 2. The fraction of sp³-hybridized carbons (Fsp3) is 0.312. The topological polar surface area (TPSA) is 84.2 Å². The maximum Gasteiger partial charge on any atom is 0.405 e. The van der Waals surface area contributed by atoms with E-state index in [4.69, 9.17) is 4.52 Å². The first kappa shape index (κ1) is 17.0. The third kappa shape index (κ3) is 4.59. The van der Waals surface area contributed by atoms with Crippen LogP contribution in [-0.4, -0.2) is 29.7 Å². The summed E-state index contributed by atoms with van der Waals surface area (Å²) in [5, 5.41) is 8.00. The van der Waals surface area contributed by atoms with Crippen LogP contribution in [0, 0.1) is 0 Å². The molecule has 0 unspecified atom stereocenters. The molecule has 2 aromatic rings. The Bertz CT molecular complexity index is 797. The molecule has 1 saturated carbocycles. The highest BCUT2D eigenvalue weighted by Crippen LogP contribution is 2.40. The van der Waals surface area contributed by atoms with Crippen LogP contribution in [0.4, 0.5) is 18.9 Å². The number of amides is 2. The van der Waals surface area contributed by atoms with Crippen molar-refractivity contribution in [3.8, 4) is 0 Å². The molecule has 132 valence electrons. The van der Waals surface area contributed by atoms with E-state index in [1.165, 1.54) is 24.3 Å². The number of nitrogens with zero attached hydrogens (tertiary/aromatic N) is 1. The molecule has 0 spiro atoms. The first-order valence-corrected chi connectivity index (χ1v) is 7.55. The van der Waals surface area contributed by atoms with E-state index in [0.717, 1.165) is 12.8 Å². The summed E-state index contributed by atoms with van der Waals surface area (Å²) < 4.78 is 41.5. The van der Waals surface area contributed by atoms with E-state index in [9.17, 15) is 22.8 Å². The van der Waals surface area contributed by atoms with Gasteiger partial charge in [-0.05, 0) is 31.0 Å². The fourth-order valence-electron chi connectivity index (χ4n) is 2.17. The third-order valence-corrected chi connectivity index (χ3v) is 3.57. The van der Waals surface area contributed by atoms with Gasteiger partial charge in [-0.1, -0.05) is 11.2 Å². The number of alkyl halides is 3. The van der Waals surface area contributed by atoms with E-state index in [1.54, 1.807) is 11.4 Å². The number of aromatic nitrogens is 1. The molecule has 2 N–H and O–H groups in total. The van der Waals surface area contributed by atoms with Gasteiger partial charge in [-0.3, -0.25) is 9.59 Å². The van der Waals surface area contributed by atoms with Crippen molar-refractivity contribution in [1.29, 1.82) is 0 Å². The van der Waals surface area contributed by atoms with Crippen molar-refractivity contribution >= 4 is 17.5 Å². The Balaban J connectivity index is 1.64. The standard InChI is InChI=1S/C16H14F3N3O3/c17-16(18,19)8-20-14(23)10-2-1-3-11(6-10)21-15(24)12-7-13(25-22-12)9-4-5-9/h1-3,6-7,9H,4-5,8H2,(H,20,23)(H,21,24). The SMILES string of the molecule is O=C(NCC(F)(F)F)c1cccc(NC(=O)c2cc(C3CC3)on2)c1. The van der Waals surface area contributed by atoms with Crippen molar-refractivity contribution in [2.45, 2.75) is 24.9 Å². The average Bonchev–Trinajstić information content (AvgIpc) is 3.29. The highest BCUT2D eigenvalue weighted by atomic mass is 19.4. The van der Waals surface area contributed by atoms with Gasteiger partial charge in [0.25, 0.3) is 11.8 Å². The Morgan fingerprint density at radius 2 is 1.96 bits per heavy atom. The molecule has 1 aliphatic carbocycles. The Labute approximate surface area is 140 Å². The van der Waals surface area contributed by atoms with Gasteiger partial charge in [0.1, 0.15) is 12.3 Å². The molecule has 2 amide bonds. The van der Waals surface area contributed by atoms with E-state index in [-0.39, 0.29) is 16.9 Å². The molecule has 9 heteroatoms. The van der Waals surface area contributed by atoms with Crippen molar-refractivity contribution in [1.82, 2.24) is 10.5 Å². The lowest BCUT2D eigenvalue weighted by atomic mass is 10.2. The molecule has 0 bridgehead atoms. The highest BCUT2D eigenvalue weighted by molar-refractivity contribution is 6.03. The predicted molar refractivity (Wildman–Crippen MR) is 81.3 cm³/mol. The van der Waals surface area contributed by atoms with Gasteiger partial charge in [-0.2, -0.15) is 13.2 Å². The van der Waals surface area contributed by atoms with Gasteiger partial charge in [0.2, 0.25) is 0 Å². The van der Waals surface area contributed by atoms with Gasteiger partial charge < -0.3 is 15.2 Å². The number of halogens is 3. The molecule has 1 fully saturated rings. The van der Waals surface area contributed by atoms with Crippen molar-refractivity contribution < 1.29 is 27.3 Å². The molecule has 0 saturated heterocycles. The van der Waals surface area contributed by atoms with Crippen LogP contribution in [0.25, 0.3) is 0 Å². The van der Waals surface area contributed by atoms with Crippen molar-refractivity contribution in [2.75, 3.05) is 11.9 Å². The lowest BCUT2D eigenvalue weighted by Gasteiger charge is -2.09. The number of anilines is 1. The second kappa shape index (κ2) is 6.58.